The highest BCUT2D eigenvalue weighted by Crippen LogP contribution is 2.34. The number of ether oxygens (including phenoxy) is 2. The largest absolute Gasteiger partial charge is 0.394 e. The summed E-state index contributed by atoms with van der Waals surface area (Å²) < 4.78 is 24.7. The maximum Gasteiger partial charge on any atom is 0.0841 e. The van der Waals surface area contributed by atoms with Crippen LogP contribution in [0.2, 0.25) is 0 Å². The SMILES string of the molecule is [2H]C([3H])OC[C@H]1O[C@H](CO)[C@H](C)[C@@H](C)[C@@H]1C. The molecule has 1 aliphatic heterocycles. The van der Waals surface area contributed by atoms with Crippen molar-refractivity contribution < 1.29 is 17.3 Å². The van der Waals surface area contributed by atoms with Crippen LogP contribution in [0, 0.1) is 17.8 Å². The molecule has 0 radical (unpaired) electrons. The molecule has 6 atom stereocenters. The molecule has 0 saturated carbocycles. The minimum atomic E-state index is -1.27. The number of aliphatic hydroxyl groups is 1. The van der Waals surface area contributed by atoms with E-state index in [4.69, 9.17) is 12.2 Å². The van der Waals surface area contributed by atoms with Gasteiger partial charge in [0.25, 0.3) is 0 Å². The van der Waals surface area contributed by atoms with Gasteiger partial charge in [-0.25, -0.2) is 0 Å². The fourth-order valence-corrected chi connectivity index (χ4v) is 2.12. The third kappa shape index (κ3) is 2.27. The Balaban J connectivity index is 2.56. The van der Waals surface area contributed by atoms with Crippen molar-refractivity contribution in [2.75, 3.05) is 20.3 Å². The second kappa shape index (κ2) is 5.10. The lowest BCUT2D eigenvalue weighted by Gasteiger charge is -2.43. The molecular weight excluding hydrogens is 180 g/mol. The molecule has 0 aromatic carbocycles. The van der Waals surface area contributed by atoms with E-state index in [9.17, 15) is 5.11 Å². The molecule has 1 N–H and O–H groups in total. The van der Waals surface area contributed by atoms with E-state index in [2.05, 4.69) is 20.8 Å². The van der Waals surface area contributed by atoms with Crippen LogP contribution in [-0.2, 0) is 9.47 Å². The number of rotatable bonds is 3. The molecule has 0 aromatic rings. The monoisotopic (exact) mass is 205 g/mol. The van der Waals surface area contributed by atoms with Gasteiger partial charge in [0.05, 0.1) is 28.2 Å². The third-order valence-electron chi connectivity index (χ3n) is 3.62. The van der Waals surface area contributed by atoms with Gasteiger partial charge < -0.3 is 14.6 Å². The van der Waals surface area contributed by atoms with Crippen molar-refractivity contribution in [3.05, 3.63) is 0 Å². The first kappa shape index (κ1) is 9.13. The Labute approximate surface area is 89.2 Å². The van der Waals surface area contributed by atoms with Crippen molar-refractivity contribution in [3.8, 4) is 0 Å². The van der Waals surface area contributed by atoms with Crippen molar-refractivity contribution >= 4 is 0 Å². The normalized spacial score (nSPS) is 48.1. The van der Waals surface area contributed by atoms with E-state index in [1.54, 1.807) is 0 Å². The van der Waals surface area contributed by atoms with Crippen LogP contribution in [0.1, 0.15) is 23.5 Å². The molecule has 1 saturated heterocycles. The summed E-state index contributed by atoms with van der Waals surface area (Å²) in [5.41, 5.74) is 0. The van der Waals surface area contributed by atoms with E-state index < -0.39 is 7.06 Å². The molecule has 3 heteroatoms. The molecule has 1 aliphatic rings. The van der Waals surface area contributed by atoms with Crippen molar-refractivity contribution in [2.45, 2.75) is 33.0 Å². The first-order chi connectivity index (χ1) is 7.47. The predicted octanol–water partition coefficient (Wildman–Crippen LogP) is 1.30. The minimum absolute atomic E-state index is 0.0138. The Kier molecular flexibility index (Phi) is 3.33. The van der Waals surface area contributed by atoms with Crippen LogP contribution in [0.15, 0.2) is 0 Å². The lowest BCUT2D eigenvalue weighted by Crippen LogP contribution is -2.47. The van der Waals surface area contributed by atoms with Crippen LogP contribution < -0.4 is 0 Å². The standard InChI is InChI=1S/C11H22O3/c1-7-8(2)10(5-12)14-11(6-13-4)9(7)3/h7-12H,5-6H2,1-4H3/t7-,8-,9+,10-,11-/m1/s1/i4TD/t4?,7-,8-,9+,10-,11-. The molecule has 0 spiro atoms. The summed E-state index contributed by atoms with van der Waals surface area (Å²) in [5.74, 6) is 1.07. The van der Waals surface area contributed by atoms with Gasteiger partial charge in [-0.05, 0) is 17.8 Å². The number of aliphatic hydroxyl groups excluding tert-OH is 1. The summed E-state index contributed by atoms with van der Waals surface area (Å²) in [6.07, 6.45) is -0.281. The zero-order valence-electron chi connectivity index (χ0n) is 11.1. The molecule has 84 valence electrons. The van der Waals surface area contributed by atoms with Crippen molar-refractivity contribution in [1.29, 1.82) is 0 Å². The quantitative estimate of drug-likeness (QED) is 0.755. The maximum absolute atomic E-state index is 9.22. The average molecular weight is 205 g/mol. The van der Waals surface area contributed by atoms with Gasteiger partial charge in [-0.15, -0.1) is 0 Å². The first-order valence-electron chi connectivity index (χ1n) is 6.35. The minimum Gasteiger partial charge on any atom is -0.394 e. The lowest BCUT2D eigenvalue weighted by molar-refractivity contribution is -0.163. The number of methoxy groups -OCH3 is 1. The molecule has 1 heterocycles. The second-order valence-electron chi connectivity index (χ2n) is 4.31. The molecule has 0 aromatic heterocycles. The van der Waals surface area contributed by atoms with Crippen molar-refractivity contribution in [2.24, 2.45) is 17.8 Å². The molecule has 0 aliphatic carbocycles. The zero-order chi connectivity index (χ0) is 12.3. The Morgan fingerprint density at radius 2 is 2.00 bits per heavy atom. The van der Waals surface area contributed by atoms with Gasteiger partial charge >= 0.3 is 0 Å². The lowest BCUT2D eigenvalue weighted by atomic mass is 9.77. The van der Waals surface area contributed by atoms with Gasteiger partial charge in [0.15, 0.2) is 0 Å². The highest BCUT2D eigenvalue weighted by molar-refractivity contribution is 4.85. The molecule has 1 fully saturated rings. The van der Waals surface area contributed by atoms with Gasteiger partial charge in [0.2, 0.25) is 0 Å². The summed E-state index contributed by atoms with van der Waals surface area (Å²) in [6.45, 7) is 6.58. The average Bonchev–Trinajstić information content (AvgIpc) is 2.25. The topological polar surface area (TPSA) is 38.7 Å². The van der Waals surface area contributed by atoms with Gasteiger partial charge in [0.1, 0.15) is 0 Å². The van der Waals surface area contributed by atoms with Crippen LogP contribution in [0.25, 0.3) is 0 Å². The van der Waals surface area contributed by atoms with Gasteiger partial charge in [-0.3, -0.25) is 0 Å². The van der Waals surface area contributed by atoms with Crippen LogP contribution >= 0.6 is 0 Å². The summed E-state index contributed by atoms with van der Waals surface area (Å²) in [7, 11) is -1.27. The van der Waals surface area contributed by atoms with Crippen LogP contribution in [0.3, 0.4) is 0 Å². The fourth-order valence-electron chi connectivity index (χ4n) is 2.12. The van der Waals surface area contributed by atoms with E-state index in [0.717, 1.165) is 0 Å². The first-order valence-corrected chi connectivity index (χ1v) is 5.19. The molecule has 3 nitrogen and oxygen atoms in total. The molecule has 1 unspecified atom stereocenters. The molecule has 14 heavy (non-hydrogen) atoms. The molecule has 1 rings (SSSR count). The highest BCUT2D eigenvalue weighted by atomic mass is 16.5. The third-order valence-corrected chi connectivity index (χ3v) is 3.62. The van der Waals surface area contributed by atoms with Gasteiger partial charge in [-0.2, -0.15) is 0 Å². The Morgan fingerprint density at radius 3 is 2.57 bits per heavy atom. The smallest absolute Gasteiger partial charge is 0.0841 e. The second-order valence-corrected chi connectivity index (χ2v) is 4.31. The fraction of sp³-hybridized carbons (Fsp3) is 1.00. The van der Waals surface area contributed by atoms with Crippen molar-refractivity contribution in [1.82, 2.24) is 0 Å². The Morgan fingerprint density at radius 1 is 1.36 bits per heavy atom. The number of hydrogen-bond donors (Lipinski definition) is 1. The molecule has 0 bridgehead atoms. The van der Waals surface area contributed by atoms with E-state index in [1.807, 2.05) is 0 Å². The summed E-state index contributed by atoms with van der Waals surface area (Å²) in [4.78, 5) is 0. The Hall–Kier alpha value is -0.120. The van der Waals surface area contributed by atoms with E-state index in [-0.39, 0.29) is 25.4 Å². The van der Waals surface area contributed by atoms with E-state index in [1.165, 1.54) is 0 Å². The van der Waals surface area contributed by atoms with Crippen molar-refractivity contribution in [3.63, 3.8) is 0 Å². The predicted molar refractivity (Wildman–Crippen MR) is 55.1 cm³/mol. The summed E-state index contributed by atoms with van der Waals surface area (Å²) in [5, 5.41) is 9.22. The van der Waals surface area contributed by atoms with Crippen LogP contribution in [-0.4, -0.2) is 37.6 Å². The highest BCUT2D eigenvalue weighted by Gasteiger charge is 2.38. The van der Waals surface area contributed by atoms with E-state index in [0.29, 0.717) is 17.8 Å². The zero-order valence-corrected chi connectivity index (χ0v) is 9.14. The number of hydrogen-bond acceptors (Lipinski definition) is 3. The molecule has 0 amide bonds. The maximum atomic E-state index is 9.22. The summed E-state index contributed by atoms with van der Waals surface area (Å²) in [6, 6.07) is 0. The van der Waals surface area contributed by atoms with E-state index >= 15 is 0 Å². The van der Waals surface area contributed by atoms with Crippen LogP contribution in [0.4, 0.5) is 0 Å². The van der Waals surface area contributed by atoms with Gasteiger partial charge in [-0.1, -0.05) is 20.8 Å². The summed E-state index contributed by atoms with van der Waals surface area (Å²) >= 11 is 0. The molecular formula is C11H22O3. The van der Waals surface area contributed by atoms with Gasteiger partial charge in [0, 0.05) is 7.06 Å². The Bertz CT molecular complexity index is 211. The van der Waals surface area contributed by atoms with Crippen LogP contribution in [0.5, 0.6) is 0 Å².